The fourth-order valence-corrected chi connectivity index (χ4v) is 3.09. The first kappa shape index (κ1) is 14.4. The molecule has 1 aliphatic rings. The predicted octanol–water partition coefficient (Wildman–Crippen LogP) is 4.38. The van der Waals surface area contributed by atoms with E-state index >= 15 is 0 Å². The van der Waals surface area contributed by atoms with E-state index in [-0.39, 0.29) is 17.5 Å². The summed E-state index contributed by atoms with van der Waals surface area (Å²) in [5.41, 5.74) is 0.290. The van der Waals surface area contributed by atoms with Crippen molar-refractivity contribution in [1.29, 1.82) is 0 Å². The molecule has 1 nitrogen and oxygen atoms in total. The van der Waals surface area contributed by atoms with Gasteiger partial charge in [0, 0.05) is 17.5 Å². The number of halogens is 2. The molecule has 19 heavy (non-hydrogen) atoms. The van der Waals surface area contributed by atoms with Crippen LogP contribution in [0.2, 0.25) is 0 Å². The fraction of sp³-hybridized carbons (Fsp3) is 0.625. The monoisotopic (exact) mass is 267 g/mol. The molecule has 1 aromatic carbocycles. The van der Waals surface area contributed by atoms with Gasteiger partial charge in [-0.15, -0.1) is 0 Å². The third-order valence-electron chi connectivity index (χ3n) is 4.04. The first-order valence-electron chi connectivity index (χ1n) is 7.41. The van der Waals surface area contributed by atoms with Crippen LogP contribution in [-0.2, 0) is 0 Å². The summed E-state index contributed by atoms with van der Waals surface area (Å²) >= 11 is 0. The van der Waals surface area contributed by atoms with Crippen LogP contribution in [0.1, 0.15) is 56.9 Å². The van der Waals surface area contributed by atoms with Crippen LogP contribution in [0.15, 0.2) is 18.2 Å². The second kappa shape index (κ2) is 6.99. The molecule has 0 saturated heterocycles. The van der Waals surface area contributed by atoms with Crippen molar-refractivity contribution >= 4 is 0 Å². The molecule has 2 atom stereocenters. The number of hydrogen-bond acceptors (Lipinski definition) is 1. The summed E-state index contributed by atoms with van der Waals surface area (Å²) in [6, 6.07) is 4.40. The van der Waals surface area contributed by atoms with Crippen molar-refractivity contribution in [3.63, 3.8) is 0 Å². The van der Waals surface area contributed by atoms with E-state index in [9.17, 15) is 8.78 Å². The molecule has 1 aromatic rings. The van der Waals surface area contributed by atoms with Crippen LogP contribution in [0.5, 0.6) is 0 Å². The molecule has 1 aliphatic carbocycles. The summed E-state index contributed by atoms with van der Waals surface area (Å²) in [6.45, 7) is 3.03. The lowest BCUT2D eigenvalue weighted by atomic mass is 9.86. The Morgan fingerprint density at radius 1 is 1.11 bits per heavy atom. The number of hydrogen-bond donors (Lipinski definition) is 1. The minimum Gasteiger partial charge on any atom is -0.313 e. The molecule has 0 bridgehead atoms. The second-order valence-corrected chi connectivity index (χ2v) is 5.44. The molecule has 0 amide bonds. The van der Waals surface area contributed by atoms with Crippen molar-refractivity contribution in [2.45, 2.75) is 57.4 Å². The molecular formula is C16H23F2N. The summed E-state index contributed by atoms with van der Waals surface area (Å²) in [5, 5.41) is 3.48. The van der Waals surface area contributed by atoms with Gasteiger partial charge >= 0.3 is 0 Å². The summed E-state index contributed by atoms with van der Waals surface area (Å²) in [4.78, 5) is 0. The average molecular weight is 267 g/mol. The lowest BCUT2D eigenvalue weighted by Gasteiger charge is -2.27. The highest BCUT2D eigenvalue weighted by Gasteiger charge is 2.28. The predicted molar refractivity (Wildman–Crippen MR) is 74.3 cm³/mol. The minimum atomic E-state index is -0.393. The zero-order valence-electron chi connectivity index (χ0n) is 11.6. The third-order valence-corrected chi connectivity index (χ3v) is 4.04. The molecule has 1 saturated carbocycles. The van der Waals surface area contributed by atoms with Crippen LogP contribution < -0.4 is 5.32 Å². The van der Waals surface area contributed by atoms with Crippen LogP contribution in [0, 0.1) is 11.6 Å². The topological polar surface area (TPSA) is 12.0 Å². The Hall–Kier alpha value is -0.960. The molecule has 1 N–H and O–H groups in total. The van der Waals surface area contributed by atoms with Crippen LogP contribution in [0.25, 0.3) is 0 Å². The van der Waals surface area contributed by atoms with Crippen molar-refractivity contribution in [1.82, 2.24) is 5.32 Å². The largest absolute Gasteiger partial charge is 0.313 e. The Kier molecular flexibility index (Phi) is 5.32. The van der Waals surface area contributed by atoms with E-state index in [0.29, 0.717) is 0 Å². The summed E-state index contributed by atoms with van der Waals surface area (Å²) in [6.07, 6.45) is 6.30. The Bertz CT molecular complexity index is 385. The van der Waals surface area contributed by atoms with Gasteiger partial charge < -0.3 is 5.32 Å². The molecule has 0 aromatic heterocycles. The van der Waals surface area contributed by atoms with Gasteiger partial charge in [-0.25, -0.2) is 8.78 Å². The molecule has 2 unspecified atom stereocenters. The number of benzene rings is 1. The lowest BCUT2D eigenvalue weighted by Crippen LogP contribution is -2.35. The van der Waals surface area contributed by atoms with Crippen molar-refractivity contribution < 1.29 is 8.78 Å². The van der Waals surface area contributed by atoms with Crippen LogP contribution in [-0.4, -0.2) is 12.6 Å². The molecule has 0 spiro atoms. The molecule has 0 aliphatic heterocycles. The standard InChI is InChI=1S/C16H23F2N/c1-2-11-19-15-10-5-3-4-7-12(15)16-13(17)8-6-9-14(16)18/h6,8-9,12,15,19H,2-5,7,10-11H2,1H3. The van der Waals surface area contributed by atoms with Gasteiger partial charge in [0.2, 0.25) is 0 Å². The van der Waals surface area contributed by atoms with E-state index in [1.54, 1.807) is 0 Å². The summed E-state index contributed by atoms with van der Waals surface area (Å²) in [7, 11) is 0. The van der Waals surface area contributed by atoms with Crippen LogP contribution in [0.4, 0.5) is 8.78 Å². The lowest BCUT2D eigenvalue weighted by molar-refractivity contribution is 0.388. The molecule has 1 fully saturated rings. The van der Waals surface area contributed by atoms with Crippen molar-refractivity contribution in [3.8, 4) is 0 Å². The molecule has 0 radical (unpaired) electrons. The SMILES string of the molecule is CCCNC1CCCCCC1c1c(F)cccc1F. The van der Waals surface area contributed by atoms with Crippen molar-refractivity contribution in [2.24, 2.45) is 0 Å². The van der Waals surface area contributed by atoms with Gasteiger partial charge in [0.1, 0.15) is 11.6 Å². The summed E-state index contributed by atoms with van der Waals surface area (Å²) in [5.74, 6) is -0.819. The van der Waals surface area contributed by atoms with Gasteiger partial charge in [0.25, 0.3) is 0 Å². The van der Waals surface area contributed by atoms with Crippen molar-refractivity contribution in [3.05, 3.63) is 35.4 Å². The van der Waals surface area contributed by atoms with Gasteiger partial charge in [-0.1, -0.05) is 32.3 Å². The van der Waals surface area contributed by atoms with Crippen LogP contribution >= 0.6 is 0 Å². The third kappa shape index (κ3) is 3.53. The van der Waals surface area contributed by atoms with Gasteiger partial charge in [0.05, 0.1) is 0 Å². The second-order valence-electron chi connectivity index (χ2n) is 5.44. The highest BCUT2D eigenvalue weighted by atomic mass is 19.1. The Morgan fingerprint density at radius 3 is 2.47 bits per heavy atom. The Balaban J connectivity index is 2.26. The van der Waals surface area contributed by atoms with Gasteiger partial charge in [0.15, 0.2) is 0 Å². The first-order valence-corrected chi connectivity index (χ1v) is 7.41. The highest BCUT2D eigenvalue weighted by molar-refractivity contribution is 5.25. The van der Waals surface area contributed by atoms with E-state index in [1.165, 1.54) is 18.2 Å². The molecule has 3 heteroatoms. The fourth-order valence-electron chi connectivity index (χ4n) is 3.09. The normalized spacial score (nSPS) is 24.2. The Morgan fingerprint density at radius 2 is 1.79 bits per heavy atom. The van der Waals surface area contributed by atoms with E-state index < -0.39 is 11.6 Å². The van der Waals surface area contributed by atoms with E-state index in [0.717, 1.165) is 45.1 Å². The smallest absolute Gasteiger partial charge is 0.129 e. The van der Waals surface area contributed by atoms with Crippen LogP contribution in [0.3, 0.4) is 0 Å². The quantitative estimate of drug-likeness (QED) is 0.798. The maximum absolute atomic E-state index is 14.0. The minimum absolute atomic E-state index is 0.0322. The average Bonchev–Trinajstić information content (AvgIpc) is 2.62. The summed E-state index contributed by atoms with van der Waals surface area (Å²) < 4.78 is 28.0. The number of nitrogens with one attached hydrogen (secondary N) is 1. The zero-order valence-corrected chi connectivity index (χ0v) is 11.6. The molecule has 0 heterocycles. The first-order chi connectivity index (χ1) is 9.24. The molecule has 2 rings (SSSR count). The highest BCUT2D eigenvalue weighted by Crippen LogP contribution is 2.34. The molecule has 106 valence electrons. The number of rotatable bonds is 4. The van der Waals surface area contributed by atoms with Gasteiger partial charge in [-0.3, -0.25) is 0 Å². The maximum atomic E-state index is 14.0. The van der Waals surface area contributed by atoms with E-state index in [1.807, 2.05) is 0 Å². The van der Waals surface area contributed by atoms with E-state index in [4.69, 9.17) is 0 Å². The maximum Gasteiger partial charge on any atom is 0.129 e. The van der Waals surface area contributed by atoms with Gasteiger partial charge in [-0.2, -0.15) is 0 Å². The van der Waals surface area contributed by atoms with E-state index in [2.05, 4.69) is 12.2 Å². The van der Waals surface area contributed by atoms with Gasteiger partial charge in [-0.05, 0) is 37.9 Å². The zero-order chi connectivity index (χ0) is 13.7. The molecular weight excluding hydrogens is 244 g/mol. The Labute approximate surface area is 114 Å². The van der Waals surface area contributed by atoms with Crippen molar-refractivity contribution in [2.75, 3.05) is 6.54 Å².